The van der Waals surface area contributed by atoms with Gasteiger partial charge < -0.3 is 5.21 Å². The number of rotatable bonds is 1. The number of hydrogen-bond donors (Lipinski definition) is 1. The highest BCUT2D eigenvalue weighted by Gasteiger charge is 2.19. The van der Waals surface area contributed by atoms with Crippen LogP contribution in [0.2, 0.25) is 5.02 Å². The van der Waals surface area contributed by atoms with Crippen molar-refractivity contribution in [2.45, 2.75) is 25.7 Å². The van der Waals surface area contributed by atoms with Gasteiger partial charge in [-0.25, -0.2) is 0 Å². The average Bonchev–Trinajstić information content (AvgIpc) is 2.28. The Morgan fingerprint density at radius 3 is 2.88 bits per heavy atom. The number of benzene rings is 1. The van der Waals surface area contributed by atoms with E-state index in [4.69, 9.17) is 16.8 Å². The summed E-state index contributed by atoms with van der Waals surface area (Å²) in [7, 11) is 0. The maximum atomic E-state index is 8.85. The summed E-state index contributed by atoms with van der Waals surface area (Å²) in [5.41, 5.74) is 3.19. The lowest BCUT2D eigenvalue weighted by atomic mass is 9.83. The molecule has 1 aromatic rings. The van der Waals surface area contributed by atoms with Crippen molar-refractivity contribution >= 4 is 17.3 Å². The Balaban J connectivity index is 2.27. The molecule has 0 heterocycles. The van der Waals surface area contributed by atoms with Crippen LogP contribution in [-0.4, -0.2) is 10.9 Å². The zero-order valence-electron chi connectivity index (χ0n) is 9.15. The van der Waals surface area contributed by atoms with Crippen LogP contribution < -0.4 is 0 Å². The number of oxime groups is 1. The van der Waals surface area contributed by atoms with Gasteiger partial charge in [-0.3, -0.25) is 0 Å². The molecule has 2 rings (SSSR count). The first-order chi connectivity index (χ1) is 7.69. The van der Waals surface area contributed by atoms with Crippen molar-refractivity contribution in [3.05, 3.63) is 46.5 Å². The van der Waals surface area contributed by atoms with Crippen molar-refractivity contribution in [2.24, 2.45) is 5.16 Å². The van der Waals surface area contributed by atoms with Crippen LogP contribution in [0.5, 0.6) is 0 Å². The summed E-state index contributed by atoms with van der Waals surface area (Å²) >= 11 is 5.98. The third kappa shape index (κ3) is 2.45. The summed E-state index contributed by atoms with van der Waals surface area (Å²) < 4.78 is 0. The maximum Gasteiger partial charge on any atom is 0.0801 e. The van der Waals surface area contributed by atoms with Gasteiger partial charge in [0.15, 0.2) is 0 Å². The smallest absolute Gasteiger partial charge is 0.0801 e. The van der Waals surface area contributed by atoms with E-state index in [2.05, 4.69) is 18.1 Å². The van der Waals surface area contributed by atoms with Crippen molar-refractivity contribution in [1.82, 2.24) is 0 Å². The molecule has 1 N–H and O–H groups in total. The molecule has 0 bridgehead atoms. The van der Waals surface area contributed by atoms with Gasteiger partial charge in [-0.1, -0.05) is 34.5 Å². The van der Waals surface area contributed by atoms with Gasteiger partial charge in [0.1, 0.15) is 0 Å². The van der Waals surface area contributed by atoms with Gasteiger partial charge in [0.05, 0.1) is 5.71 Å². The van der Waals surface area contributed by atoms with Crippen LogP contribution in [0.25, 0.3) is 0 Å². The van der Waals surface area contributed by atoms with Crippen LogP contribution in [0.1, 0.15) is 31.2 Å². The molecule has 0 spiro atoms. The minimum absolute atomic E-state index is 0.370. The summed E-state index contributed by atoms with van der Waals surface area (Å²) in [4.78, 5) is 0. The normalized spacial score (nSPS) is 23.2. The van der Waals surface area contributed by atoms with E-state index in [9.17, 15) is 0 Å². The molecule has 1 atom stereocenters. The molecule has 0 radical (unpaired) electrons. The van der Waals surface area contributed by atoms with Crippen molar-refractivity contribution < 1.29 is 5.21 Å². The molecule has 3 heteroatoms. The molecular formula is C13H14ClNO. The minimum Gasteiger partial charge on any atom is -0.411 e. The number of hydrogen-bond acceptors (Lipinski definition) is 2. The van der Waals surface area contributed by atoms with Gasteiger partial charge in [0.2, 0.25) is 0 Å². The first kappa shape index (κ1) is 11.2. The van der Waals surface area contributed by atoms with E-state index >= 15 is 0 Å². The van der Waals surface area contributed by atoms with Crippen LogP contribution in [0.3, 0.4) is 0 Å². The summed E-state index contributed by atoms with van der Waals surface area (Å²) in [5, 5.41) is 12.9. The Bertz CT molecular complexity index is 451. The second-order valence-corrected chi connectivity index (χ2v) is 4.68. The topological polar surface area (TPSA) is 32.6 Å². The van der Waals surface area contributed by atoms with E-state index in [0.717, 1.165) is 23.6 Å². The number of nitrogens with zero attached hydrogens (tertiary/aromatic N) is 1. The Hall–Kier alpha value is -1.28. The van der Waals surface area contributed by atoms with Crippen LogP contribution in [-0.2, 0) is 0 Å². The molecule has 1 aromatic carbocycles. The maximum absolute atomic E-state index is 8.85. The van der Waals surface area contributed by atoms with Gasteiger partial charge in [-0.2, -0.15) is 0 Å². The Labute approximate surface area is 100 Å². The van der Waals surface area contributed by atoms with E-state index in [-0.39, 0.29) is 0 Å². The van der Waals surface area contributed by atoms with Crippen LogP contribution in [0.15, 0.2) is 41.1 Å². The zero-order valence-corrected chi connectivity index (χ0v) is 9.91. The first-order valence-electron chi connectivity index (χ1n) is 5.32. The van der Waals surface area contributed by atoms with Crippen molar-refractivity contribution in [3.63, 3.8) is 0 Å². The van der Waals surface area contributed by atoms with Crippen molar-refractivity contribution in [2.75, 3.05) is 0 Å². The van der Waals surface area contributed by atoms with Crippen LogP contribution in [0, 0.1) is 0 Å². The molecule has 1 aliphatic carbocycles. The van der Waals surface area contributed by atoms with Crippen LogP contribution in [0.4, 0.5) is 0 Å². The van der Waals surface area contributed by atoms with E-state index in [1.54, 1.807) is 0 Å². The lowest BCUT2D eigenvalue weighted by Gasteiger charge is -2.22. The highest BCUT2D eigenvalue weighted by Crippen LogP contribution is 2.32. The highest BCUT2D eigenvalue weighted by atomic mass is 35.5. The van der Waals surface area contributed by atoms with Gasteiger partial charge in [-0.15, -0.1) is 0 Å². The number of allylic oxidation sites excluding steroid dienone is 2. The van der Waals surface area contributed by atoms with Gasteiger partial charge >= 0.3 is 0 Å². The molecule has 2 nitrogen and oxygen atoms in total. The SMILES string of the molecule is CC1=C/C(=N/O)C[C@H](c2cccc(Cl)c2)C1. The monoisotopic (exact) mass is 235 g/mol. The molecule has 1 aliphatic rings. The standard InChI is InChI=1S/C13H14ClNO/c1-9-5-11(8-13(6-9)15-16)10-3-2-4-12(14)7-10/h2-4,6-7,11,16H,5,8H2,1H3/b15-13-/t11-/m1/s1. The van der Waals surface area contributed by atoms with Gasteiger partial charge in [0.25, 0.3) is 0 Å². The van der Waals surface area contributed by atoms with Crippen molar-refractivity contribution in [1.29, 1.82) is 0 Å². The Morgan fingerprint density at radius 2 is 2.19 bits per heavy atom. The summed E-state index contributed by atoms with van der Waals surface area (Å²) in [5.74, 6) is 0.370. The lowest BCUT2D eigenvalue weighted by Crippen LogP contribution is -2.12. The predicted molar refractivity (Wildman–Crippen MR) is 66.4 cm³/mol. The Morgan fingerprint density at radius 1 is 1.38 bits per heavy atom. The van der Waals surface area contributed by atoms with Crippen LogP contribution >= 0.6 is 11.6 Å². The average molecular weight is 236 g/mol. The molecular weight excluding hydrogens is 222 g/mol. The fourth-order valence-electron chi connectivity index (χ4n) is 2.18. The second kappa shape index (κ2) is 4.71. The third-order valence-corrected chi connectivity index (χ3v) is 3.12. The molecule has 84 valence electrons. The highest BCUT2D eigenvalue weighted by molar-refractivity contribution is 6.30. The van der Waals surface area contributed by atoms with Gasteiger partial charge in [0, 0.05) is 11.4 Å². The molecule has 0 aliphatic heterocycles. The molecule has 16 heavy (non-hydrogen) atoms. The molecule has 0 fully saturated rings. The molecule has 0 amide bonds. The largest absolute Gasteiger partial charge is 0.411 e. The van der Waals surface area contributed by atoms with Crippen molar-refractivity contribution in [3.8, 4) is 0 Å². The molecule has 0 unspecified atom stereocenters. The summed E-state index contributed by atoms with van der Waals surface area (Å²) in [6.45, 7) is 2.06. The molecule has 0 aromatic heterocycles. The van der Waals surface area contributed by atoms with E-state index < -0.39 is 0 Å². The fraction of sp³-hybridized carbons (Fsp3) is 0.308. The lowest BCUT2D eigenvalue weighted by molar-refractivity contribution is 0.317. The van der Waals surface area contributed by atoms with E-state index in [0.29, 0.717) is 5.92 Å². The quantitative estimate of drug-likeness (QED) is 0.579. The minimum atomic E-state index is 0.370. The summed E-state index contributed by atoms with van der Waals surface area (Å²) in [6.07, 6.45) is 3.72. The third-order valence-electron chi connectivity index (χ3n) is 2.89. The molecule has 0 saturated carbocycles. The van der Waals surface area contributed by atoms with Gasteiger partial charge in [-0.05, 0) is 43.0 Å². The first-order valence-corrected chi connectivity index (χ1v) is 5.70. The Kier molecular flexibility index (Phi) is 3.30. The van der Waals surface area contributed by atoms with E-state index in [1.807, 2.05) is 24.3 Å². The predicted octanol–water partition coefficient (Wildman–Crippen LogP) is 3.99. The fourth-order valence-corrected chi connectivity index (χ4v) is 2.38. The second-order valence-electron chi connectivity index (χ2n) is 4.24. The number of halogens is 1. The van der Waals surface area contributed by atoms with E-state index in [1.165, 1.54) is 11.1 Å². The zero-order chi connectivity index (χ0) is 11.5. The molecule has 0 saturated heterocycles. The summed E-state index contributed by atoms with van der Waals surface area (Å²) in [6, 6.07) is 7.89.